The molecule has 0 aliphatic rings. The average molecular weight is 294 g/mol. The first kappa shape index (κ1) is 18.0. The molecule has 4 heteroatoms. The topological polar surface area (TPSA) is 44.7 Å². The highest BCUT2D eigenvalue weighted by atomic mass is 16.5. The third-order valence-electron chi connectivity index (χ3n) is 3.55. The van der Waals surface area contributed by atoms with Crippen LogP contribution in [-0.2, 0) is 0 Å². The molecule has 0 aliphatic heterocycles. The van der Waals surface area contributed by atoms with Crippen LogP contribution in [0, 0.1) is 0 Å². The predicted octanol–water partition coefficient (Wildman–Crippen LogP) is 2.44. The number of likely N-dealkylation sites (N-methyl/N-ethyl adjacent to an activating group) is 1. The second-order valence-electron chi connectivity index (χ2n) is 5.45. The van der Waals surface area contributed by atoms with Crippen molar-refractivity contribution in [2.45, 2.75) is 39.8 Å². The zero-order chi connectivity index (χ0) is 15.7. The fourth-order valence-corrected chi connectivity index (χ4v) is 2.28. The van der Waals surface area contributed by atoms with Gasteiger partial charge in [0.2, 0.25) is 0 Å². The van der Waals surface area contributed by atoms with Crippen molar-refractivity contribution in [3.05, 3.63) is 29.8 Å². The number of aliphatic hydroxyl groups is 1. The number of ether oxygens (including phenoxy) is 1. The highest BCUT2D eigenvalue weighted by Gasteiger charge is 2.10. The van der Waals surface area contributed by atoms with Gasteiger partial charge in [0, 0.05) is 13.1 Å². The third kappa shape index (κ3) is 6.46. The van der Waals surface area contributed by atoms with Gasteiger partial charge in [-0.05, 0) is 44.6 Å². The molecule has 0 radical (unpaired) electrons. The summed E-state index contributed by atoms with van der Waals surface area (Å²) in [7, 11) is 0. The molecule has 0 bridgehead atoms. The Hall–Kier alpha value is -1.10. The normalized spacial score (nSPS) is 12.9. The number of hydrogen-bond donors (Lipinski definition) is 2. The number of nitrogens with zero attached hydrogens (tertiary/aromatic N) is 1. The van der Waals surface area contributed by atoms with E-state index in [1.54, 1.807) is 0 Å². The number of nitrogens with one attached hydrogen (secondary N) is 1. The smallest absolute Gasteiger partial charge is 0.119 e. The van der Waals surface area contributed by atoms with E-state index < -0.39 is 0 Å². The van der Waals surface area contributed by atoms with E-state index in [1.807, 2.05) is 38.1 Å². The van der Waals surface area contributed by atoms with E-state index in [1.165, 1.54) is 0 Å². The molecule has 2 N–H and O–H groups in total. The van der Waals surface area contributed by atoms with Crippen molar-refractivity contribution >= 4 is 0 Å². The number of hydrogen-bond acceptors (Lipinski definition) is 4. The Morgan fingerprint density at radius 2 is 1.76 bits per heavy atom. The molecule has 0 aliphatic carbocycles. The molecule has 0 heterocycles. The third-order valence-corrected chi connectivity index (χ3v) is 3.55. The largest absolute Gasteiger partial charge is 0.491 e. The van der Waals surface area contributed by atoms with Gasteiger partial charge < -0.3 is 20.1 Å². The zero-order valence-corrected chi connectivity index (χ0v) is 13.8. The Morgan fingerprint density at radius 3 is 2.24 bits per heavy atom. The minimum atomic E-state index is -0.0198. The Kier molecular flexibility index (Phi) is 8.35. The van der Waals surface area contributed by atoms with E-state index in [4.69, 9.17) is 4.74 Å². The first-order valence-electron chi connectivity index (χ1n) is 7.93. The predicted molar refractivity (Wildman–Crippen MR) is 87.8 cm³/mol. The van der Waals surface area contributed by atoms with Crippen molar-refractivity contribution in [3.8, 4) is 5.75 Å². The van der Waals surface area contributed by atoms with Gasteiger partial charge in [-0.2, -0.15) is 0 Å². The lowest BCUT2D eigenvalue weighted by molar-refractivity contribution is 0.232. The van der Waals surface area contributed by atoms with E-state index in [0.717, 1.165) is 37.5 Å². The quantitative estimate of drug-likeness (QED) is 0.696. The molecular formula is C17H30N2O2. The van der Waals surface area contributed by atoms with Crippen LogP contribution >= 0.6 is 0 Å². The van der Waals surface area contributed by atoms with Crippen LogP contribution in [0.3, 0.4) is 0 Å². The van der Waals surface area contributed by atoms with Crippen LogP contribution in [-0.4, -0.2) is 48.9 Å². The highest BCUT2D eigenvalue weighted by Crippen LogP contribution is 2.18. The van der Waals surface area contributed by atoms with Gasteiger partial charge in [-0.3, -0.25) is 0 Å². The molecule has 21 heavy (non-hydrogen) atoms. The van der Waals surface area contributed by atoms with E-state index in [-0.39, 0.29) is 18.8 Å². The van der Waals surface area contributed by atoms with Crippen LogP contribution in [0.2, 0.25) is 0 Å². The Morgan fingerprint density at radius 1 is 1.14 bits per heavy atom. The number of aliphatic hydroxyl groups excluding tert-OH is 1. The van der Waals surface area contributed by atoms with Crippen LogP contribution in [0.5, 0.6) is 5.75 Å². The maximum Gasteiger partial charge on any atom is 0.119 e. The SMILES string of the molecule is CCN(CC)CCNC(CO)c1ccc(OC(C)C)cc1. The maximum atomic E-state index is 9.57. The monoisotopic (exact) mass is 294 g/mol. The average Bonchev–Trinajstić information content (AvgIpc) is 2.48. The molecule has 0 aromatic heterocycles. The maximum absolute atomic E-state index is 9.57. The first-order chi connectivity index (χ1) is 10.1. The fraction of sp³-hybridized carbons (Fsp3) is 0.647. The van der Waals surface area contributed by atoms with Crippen LogP contribution in [0.25, 0.3) is 0 Å². The lowest BCUT2D eigenvalue weighted by Crippen LogP contribution is -2.34. The molecule has 0 saturated heterocycles. The van der Waals surface area contributed by atoms with E-state index in [0.29, 0.717) is 0 Å². The van der Waals surface area contributed by atoms with Gasteiger partial charge in [0.1, 0.15) is 5.75 Å². The molecule has 1 unspecified atom stereocenters. The second kappa shape index (κ2) is 9.77. The zero-order valence-electron chi connectivity index (χ0n) is 13.8. The molecule has 0 saturated carbocycles. The number of benzene rings is 1. The molecule has 1 atom stereocenters. The Balaban J connectivity index is 2.51. The van der Waals surface area contributed by atoms with Crippen LogP contribution in [0.15, 0.2) is 24.3 Å². The van der Waals surface area contributed by atoms with Gasteiger partial charge in [0.15, 0.2) is 0 Å². The highest BCUT2D eigenvalue weighted by molar-refractivity contribution is 5.29. The summed E-state index contributed by atoms with van der Waals surface area (Å²) in [6, 6.07) is 7.94. The van der Waals surface area contributed by atoms with Gasteiger partial charge in [0.25, 0.3) is 0 Å². The summed E-state index contributed by atoms with van der Waals surface area (Å²) >= 11 is 0. The minimum Gasteiger partial charge on any atom is -0.491 e. The summed E-state index contributed by atoms with van der Waals surface area (Å²) < 4.78 is 5.63. The number of rotatable bonds is 10. The van der Waals surface area contributed by atoms with Crippen LogP contribution < -0.4 is 10.1 Å². The van der Waals surface area contributed by atoms with E-state index in [9.17, 15) is 5.11 Å². The van der Waals surface area contributed by atoms with Gasteiger partial charge in [-0.1, -0.05) is 26.0 Å². The Labute approximate surface area is 129 Å². The van der Waals surface area contributed by atoms with Gasteiger partial charge in [-0.25, -0.2) is 0 Å². The Bertz CT molecular complexity index is 375. The molecule has 0 fully saturated rings. The van der Waals surface area contributed by atoms with Gasteiger partial charge in [0.05, 0.1) is 18.8 Å². The van der Waals surface area contributed by atoms with E-state index >= 15 is 0 Å². The standard InChI is InChI=1S/C17H30N2O2/c1-5-19(6-2)12-11-18-17(13-20)15-7-9-16(10-8-15)21-14(3)4/h7-10,14,17-18,20H,5-6,11-13H2,1-4H3. The summed E-state index contributed by atoms with van der Waals surface area (Å²) in [5, 5.41) is 13.0. The first-order valence-corrected chi connectivity index (χ1v) is 7.93. The van der Waals surface area contributed by atoms with E-state index in [2.05, 4.69) is 24.1 Å². The molecule has 0 amide bonds. The van der Waals surface area contributed by atoms with Gasteiger partial charge in [-0.15, -0.1) is 0 Å². The summed E-state index contributed by atoms with van der Waals surface area (Å²) in [5.41, 5.74) is 1.09. The van der Waals surface area contributed by atoms with Crippen molar-refractivity contribution < 1.29 is 9.84 Å². The summed E-state index contributed by atoms with van der Waals surface area (Å²) in [4.78, 5) is 2.36. The molecule has 0 spiro atoms. The second-order valence-corrected chi connectivity index (χ2v) is 5.45. The van der Waals surface area contributed by atoms with Crippen molar-refractivity contribution in [1.82, 2.24) is 10.2 Å². The van der Waals surface area contributed by atoms with Crippen molar-refractivity contribution in [2.24, 2.45) is 0 Å². The lowest BCUT2D eigenvalue weighted by atomic mass is 10.1. The van der Waals surface area contributed by atoms with Crippen molar-refractivity contribution in [1.29, 1.82) is 0 Å². The lowest BCUT2D eigenvalue weighted by Gasteiger charge is -2.22. The van der Waals surface area contributed by atoms with Crippen LogP contribution in [0.1, 0.15) is 39.3 Å². The molecular weight excluding hydrogens is 264 g/mol. The molecule has 1 rings (SSSR count). The molecule has 4 nitrogen and oxygen atoms in total. The molecule has 120 valence electrons. The summed E-state index contributed by atoms with van der Waals surface area (Å²) in [6.07, 6.45) is 0.177. The minimum absolute atomic E-state index is 0.0198. The summed E-state index contributed by atoms with van der Waals surface area (Å²) in [5.74, 6) is 0.869. The fourth-order valence-electron chi connectivity index (χ4n) is 2.28. The van der Waals surface area contributed by atoms with Crippen LogP contribution in [0.4, 0.5) is 0 Å². The van der Waals surface area contributed by atoms with Crippen molar-refractivity contribution in [3.63, 3.8) is 0 Å². The van der Waals surface area contributed by atoms with Gasteiger partial charge >= 0.3 is 0 Å². The molecule has 1 aromatic carbocycles. The summed E-state index contributed by atoms with van der Waals surface area (Å²) in [6.45, 7) is 12.4. The molecule has 1 aromatic rings. The van der Waals surface area contributed by atoms with Crippen molar-refractivity contribution in [2.75, 3.05) is 32.8 Å².